The van der Waals surface area contributed by atoms with Gasteiger partial charge in [0.1, 0.15) is 5.82 Å². The van der Waals surface area contributed by atoms with Crippen LogP contribution in [0.15, 0.2) is 22.7 Å². The van der Waals surface area contributed by atoms with Gasteiger partial charge in [-0.3, -0.25) is 0 Å². The van der Waals surface area contributed by atoms with E-state index in [2.05, 4.69) is 36.2 Å². The number of nitrogen functional groups attached to an aromatic ring is 1. The van der Waals surface area contributed by atoms with Crippen molar-refractivity contribution < 1.29 is 9.13 Å². The Morgan fingerprint density at radius 1 is 1.37 bits per heavy atom. The lowest BCUT2D eigenvalue weighted by Gasteiger charge is -2.08. The molecule has 0 unspecified atom stereocenters. The Hall–Kier alpha value is -1.96. The van der Waals surface area contributed by atoms with Crippen molar-refractivity contribution in [3.8, 4) is 6.01 Å². The number of halogens is 2. The van der Waals surface area contributed by atoms with Gasteiger partial charge in [0.25, 0.3) is 0 Å². The van der Waals surface area contributed by atoms with Gasteiger partial charge in [0.2, 0.25) is 11.9 Å². The van der Waals surface area contributed by atoms with E-state index in [0.717, 1.165) is 0 Å². The summed E-state index contributed by atoms with van der Waals surface area (Å²) in [6.45, 7) is 2.21. The molecule has 3 N–H and O–H groups in total. The van der Waals surface area contributed by atoms with E-state index in [9.17, 15) is 4.39 Å². The molecule has 0 bridgehead atoms. The van der Waals surface area contributed by atoms with Crippen molar-refractivity contribution in [3.63, 3.8) is 0 Å². The Morgan fingerprint density at radius 3 is 2.89 bits per heavy atom. The molecule has 1 aromatic heterocycles. The number of hydrogen-bond donors (Lipinski definition) is 2. The number of aromatic nitrogens is 3. The molecule has 0 saturated heterocycles. The normalized spacial score (nSPS) is 10.3. The molecule has 0 aliphatic heterocycles. The Bertz CT molecular complexity index is 595. The van der Waals surface area contributed by atoms with Gasteiger partial charge < -0.3 is 15.8 Å². The Balaban J connectivity index is 2.29. The largest absolute Gasteiger partial charge is 0.464 e. The van der Waals surface area contributed by atoms with E-state index in [1.54, 1.807) is 13.0 Å². The highest BCUT2D eigenvalue weighted by Crippen LogP contribution is 2.25. The van der Waals surface area contributed by atoms with Gasteiger partial charge in [0, 0.05) is 4.47 Å². The molecule has 2 rings (SSSR count). The van der Waals surface area contributed by atoms with Crippen molar-refractivity contribution >= 4 is 33.5 Å². The Labute approximate surface area is 117 Å². The van der Waals surface area contributed by atoms with Gasteiger partial charge in [0.15, 0.2) is 0 Å². The van der Waals surface area contributed by atoms with Crippen LogP contribution in [0.25, 0.3) is 0 Å². The minimum atomic E-state index is -0.377. The second-order valence-corrected chi connectivity index (χ2v) is 4.34. The van der Waals surface area contributed by atoms with Gasteiger partial charge in [-0.1, -0.05) is 0 Å². The fourth-order valence-electron chi connectivity index (χ4n) is 1.34. The maximum Gasteiger partial charge on any atom is 0.323 e. The van der Waals surface area contributed by atoms with Crippen LogP contribution in [0.1, 0.15) is 6.92 Å². The second kappa shape index (κ2) is 5.79. The van der Waals surface area contributed by atoms with Crippen LogP contribution in [0, 0.1) is 5.82 Å². The number of anilines is 3. The summed E-state index contributed by atoms with van der Waals surface area (Å²) in [6.07, 6.45) is 0. The highest BCUT2D eigenvalue weighted by molar-refractivity contribution is 9.10. The van der Waals surface area contributed by atoms with Crippen LogP contribution in [0.5, 0.6) is 6.01 Å². The third-order valence-corrected chi connectivity index (χ3v) is 2.77. The smallest absolute Gasteiger partial charge is 0.323 e. The predicted octanol–water partition coefficient (Wildman–Crippen LogP) is 2.50. The molecule has 19 heavy (non-hydrogen) atoms. The van der Waals surface area contributed by atoms with Gasteiger partial charge in [-0.15, -0.1) is 0 Å². The lowest BCUT2D eigenvalue weighted by Crippen LogP contribution is -2.07. The van der Waals surface area contributed by atoms with Gasteiger partial charge in [-0.2, -0.15) is 15.0 Å². The average Bonchev–Trinajstić information content (AvgIpc) is 2.33. The summed E-state index contributed by atoms with van der Waals surface area (Å²) >= 11 is 3.29. The molecule has 0 spiro atoms. The van der Waals surface area contributed by atoms with E-state index in [1.807, 2.05) is 0 Å². The molecule has 0 radical (unpaired) electrons. The van der Waals surface area contributed by atoms with Crippen LogP contribution in [-0.2, 0) is 0 Å². The summed E-state index contributed by atoms with van der Waals surface area (Å²) in [6, 6.07) is 4.34. The summed E-state index contributed by atoms with van der Waals surface area (Å²) < 4.78 is 19.0. The van der Waals surface area contributed by atoms with Gasteiger partial charge in [-0.05, 0) is 41.1 Å². The summed E-state index contributed by atoms with van der Waals surface area (Å²) in [5.41, 5.74) is 6.02. The fraction of sp³-hybridized carbons (Fsp3) is 0.182. The van der Waals surface area contributed by atoms with Crippen LogP contribution in [-0.4, -0.2) is 21.6 Å². The molecule has 100 valence electrons. The zero-order valence-electron chi connectivity index (χ0n) is 10.0. The Morgan fingerprint density at radius 2 is 2.16 bits per heavy atom. The summed E-state index contributed by atoms with van der Waals surface area (Å²) in [7, 11) is 0. The molecule has 0 amide bonds. The van der Waals surface area contributed by atoms with Crippen LogP contribution in [0.2, 0.25) is 0 Å². The summed E-state index contributed by atoms with van der Waals surface area (Å²) in [5.74, 6) is -0.173. The van der Waals surface area contributed by atoms with E-state index in [1.165, 1.54) is 12.1 Å². The minimum absolute atomic E-state index is 0.0217. The number of rotatable bonds is 4. The first-order valence-electron chi connectivity index (χ1n) is 5.45. The van der Waals surface area contributed by atoms with E-state index in [0.29, 0.717) is 16.8 Å². The van der Waals surface area contributed by atoms with Crippen LogP contribution in [0.4, 0.5) is 22.0 Å². The van der Waals surface area contributed by atoms with E-state index < -0.39 is 0 Å². The SMILES string of the molecule is CCOc1nc(N)nc(Nc2cc(F)ccc2Br)n1. The average molecular weight is 328 g/mol. The van der Waals surface area contributed by atoms with Gasteiger partial charge >= 0.3 is 6.01 Å². The first-order chi connectivity index (χ1) is 9.08. The zero-order valence-corrected chi connectivity index (χ0v) is 11.6. The molecule has 1 aromatic carbocycles. The number of nitrogens with one attached hydrogen (secondary N) is 1. The molecule has 0 fully saturated rings. The van der Waals surface area contributed by atoms with Crippen molar-refractivity contribution in [1.29, 1.82) is 0 Å². The van der Waals surface area contributed by atoms with Crippen LogP contribution < -0.4 is 15.8 Å². The lowest BCUT2D eigenvalue weighted by atomic mass is 10.3. The van der Waals surface area contributed by atoms with Crippen molar-refractivity contribution in [2.45, 2.75) is 6.92 Å². The third-order valence-electron chi connectivity index (χ3n) is 2.08. The lowest BCUT2D eigenvalue weighted by molar-refractivity contribution is 0.312. The second-order valence-electron chi connectivity index (χ2n) is 3.48. The standard InChI is InChI=1S/C11H11BrFN5O/c1-2-19-11-17-9(14)16-10(18-11)15-8-5-6(13)3-4-7(8)12/h3-5H,2H2,1H3,(H3,14,15,16,17,18). The van der Waals surface area contributed by atoms with Crippen molar-refractivity contribution in [3.05, 3.63) is 28.5 Å². The van der Waals surface area contributed by atoms with Crippen LogP contribution >= 0.6 is 15.9 Å². The van der Waals surface area contributed by atoms with E-state index >= 15 is 0 Å². The Kier molecular flexibility index (Phi) is 4.10. The molecular weight excluding hydrogens is 317 g/mol. The molecule has 0 saturated carbocycles. The zero-order chi connectivity index (χ0) is 13.8. The summed E-state index contributed by atoms with van der Waals surface area (Å²) in [4.78, 5) is 11.7. The first-order valence-corrected chi connectivity index (χ1v) is 6.24. The third kappa shape index (κ3) is 3.50. The highest BCUT2D eigenvalue weighted by Gasteiger charge is 2.08. The molecule has 0 aliphatic carbocycles. The monoisotopic (exact) mass is 327 g/mol. The van der Waals surface area contributed by atoms with Gasteiger partial charge in [-0.25, -0.2) is 4.39 Å². The fourth-order valence-corrected chi connectivity index (χ4v) is 1.68. The predicted molar refractivity (Wildman–Crippen MR) is 72.8 cm³/mol. The molecule has 2 aromatic rings. The van der Waals surface area contributed by atoms with E-state index in [4.69, 9.17) is 10.5 Å². The number of hydrogen-bond acceptors (Lipinski definition) is 6. The maximum absolute atomic E-state index is 13.2. The first kappa shape index (κ1) is 13.5. The minimum Gasteiger partial charge on any atom is -0.464 e. The molecule has 8 heteroatoms. The van der Waals surface area contributed by atoms with Crippen molar-refractivity contribution in [1.82, 2.24) is 15.0 Å². The number of nitrogens with zero attached hydrogens (tertiary/aromatic N) is 3. The number of benzene rings is 1. The quantitative estimate of drug-likeness (QED) is 0.897. The number of ether oxygens (including phenoxy) is 1. The van der Waals surface area contributed by atoms with Crippen molar-refractivity contribution in [2.24, 2.45) is 0 Å². The van der Waals surface area contributed by atoms with E-state index in [-0.39, 0.29) is 23.7 Å². The summed E-state index contributed by atoms with van der Waals surface area (Å²) in [5, 5.41) is 2.84. The molecule has 1 heterocycles. The van der Waals surface area contributed by atoms with Crippen molar-refractivity contribution in [2.75, 3.05) is 17.7 Å². The molecule has 0 atom stereocenters. The highest BCUT2D eigenvalue weighted by atomic mass is 79.9. The maximum atomic E-state index is 13.2. The molecule has 0 aliphatic rings. The topological polar surface area (TPSA) is 86.0 Å². The molecular formula is C11H11BrFN5O. The molecule has 6 nitrogen and oxygen atoms in total. The van der Waals surface area contributed by atoms with Gasteiger partial charge in [0.05, 0.1) is 12.3 Å². The van der Waals surface area contributed by atoms with Crippen LogP contribution in [0.3, 0.4) is 0 Å². The number of nitrogens with two attached hydrogens (primary N) is 1.